The number of pyridine rings is 1. The first-order valence-corrected chi connectivity index (χ1v) is 10.6. The number of nitrogens with zero attached hydrogens (tertiary/aromatic N) is 3. The Balaban J connectivity index is 1.24. The normalized spacial score (nSPS) is 15.6. The highest BCUT2D eigenvalue weighted by Gasteiger charge is 2.21. The van der Waals surface area contributed by atoms with Crippen molar-refractivity contribution < 1.29 is 14.6 Å². The molecule has 1 saturated heterocycles. The summed E-state index contributed by atoms with van der Waals surface area (Å²) < 4.78 is 5.46. The van der Waals surface area contributed by atoms with Crippen LogP contribution in [0.2, 0.25) is 0 Å². The second kappa shape index (κ2) is 9.76. The molecule has 0 aliphatic carbocycles. The third-order valence-corrected chi connectivity index (χ3v) is 5.60. The second-order valence-electron chi connectivity index (χ2n) is 7.71. The molecule has 1 aliphatic heterocycles. The van der Waals surface area contributed by atoms with E-state index in [0.29, 0.717) is 12.2 Å². The van der Waals surface area contributed by atoms with Crippen molar-refractivity contribution in [1.29, 1.82) is 0 Å². The minimum Gasteiger partial charge on any atom is -0.495 e. The number of para-hydroxylation sites is 3. The monoisotopic (exact) mass is 420 g/mol. The predicted molar refractivity (Wildman–Crippen MR) is 122 cm³/mol. The number of amides is 1. The Hall–Kier alpha value is -3.16. The summed E-state index contributed by atoms with van der Waals surface area (Å²) in [6, 6.07) is 19.3. The number of fused-ring (bicyclic) bond motifs is 1. The number of hydrogen-bond acceptors (Lipinski definition) is 6. The summed E-state index contributed by atoms with van der Waals surface area (Å²) in [5.41, 5.74) is 2.24. The molecule has 0 radical (unpaired) electrons. The van der Waals surface area contributed by atoms with Crippen LogP contribution in [0.5, 0.6) is 5.75 Å². The smallest absolute Gasteiger partial charge is 0.269 e. The highest BCUT2D eigenvalue weighted by molar-refractivity contribution is 5.94. The molecule has 1 amide bonds. The zero-order valence-electron chi connectivity index (χ0n) is 17.7. The summed E-state index contributed by atoms with van der Waals surface area (Å²) in [6.07, 6.45) is -0.637. The van der Waals surface area contributed by atoms with Crippen LogP contribution in [-0.2, 0) is 0 Å². The highest BCUT2D eigenvalue weighted by Crippen LogP contribution is 2.28. The Kier molecular flexibility index (Phi) is 6.64. The first-order chi connectivity index (χ1) is 15.1. The largest absolute Gasteiger partial charge is 0.495 e. The van der Waals surface area contributed by atoms with Crippen LogP contribution in [0.1, 0.15) is 10.5 Å². The highest BCUT2D eigenvalue weighted by atomic mass is 16.5. The summed E-state index contributed by atoms with van der Waals surface area (Å²) in [5.74, 6) is 0.604. The zero-order chi connectivity index (χ0) is 21.6. The molecule has 1 unspecified atom stereocenters. The summed E-state index contributed by atoms with van der Waals surface area (Å²) >= 11 is 0. The van der Waals surface area contributed by atoms with Crippen LogP contribution in [0.25, 0.3) is 10.9 Å². The van der Waals surface area contributed by atoms with E-state index in [4.69, 9.17) is 4.74 Å². The lowest BCUT2D eigenvalue weighted by atomic mass is 10.2. The number of methoxy groups -OCH3 is 1. The van der Waals surface area contributed by atoms with Gasteiger partial charge in [0.25, 0.3) is 5.91 Å². The fraction of sp³-hybridized carbons (Fsp3) is 0.333. The van der Waals surface area contributed by atoms with Gasteiger partial charge in [-0.3, -0.25) is 9.69 Å². The van der Waals surface area contributed by atoms with Crippen LogP contribution in [-0.4, -0.2) is 73.4 Å². The molecule has 1 aromatic heterocycles. The lowest BCUT2D eigenvalue weighted by Gasteiger charge is -2.37. The van der Waals surface area contributed by atoms with Gasteiger partial charge in [-0.1, -0.05) is 36.4 Å². The van der Waals surface area contributed by atoms with Crippen molar-refractivity contribution in [2.75, 3.05) is 51.3 Å². The van der Waals surface area contributed by atoms with Gasteiger partial charge in [0, 0.05) is 44.7 Å². The Morgan fingerprint density at radius 2 is 1.81 bits per heavy atom. The topological polar surface area (TPSA) is 77.9 Å². The zero-order valence-corrected chi connectivity index (χ0v) is 17.7. The number of aliphatic hydroxyl groups is 1. The number of aromatic nitrogens is 1. The van der Waals surface area contributed by atoms with Gasteiger partial charge in [-0.25, -0.2) is 4.98 Å². The Bertz CT molecular complexity index is 1030. The number of hydrogen-bond donors (Lipinski definition) is 2. The van der Waals surface area contributed by atoms with E-state index in [1.807, 2.05) is 48.5 Å². The Morgan fingerprint density at radius 3 is 2.61 bits per heavy atom. The number of piperazine rings is 1. The number of anilines is 1. The number of rotatable bonds is 7. The van der Waals surface area contributed by atoms with Crippen LogP contribution in [0.15, 0.2) is 60.7 Å². The van der Waals surface area contributed by atoms with Gasteiger partial charge >= 0.3 is 0 Å². The fourth-order valence-electron chi connectivity index (χ4n) is 3.92. The van der Waals surface area contributed by atoms with Crippen molar-refractivity contribution in [2.24, 2.45) is 0 Å². The number of carbonyl (C=O) groups excluding carboxylic acids is 1. The summed E-state index contributed by atoms with van der Waals surface area (Å²) in [7, 11) is 1.69. The number of benzene rings is 2. The van der Waals surface area contributed by atoms with Crippen molar-refractivity contribution in [3.63, 3.8) is 0 Å². The van der Waals surface area contributed by atoms with E-state index in [2.05, 4.69) is 26.2 Å². The molecule has 0 saturated carbocycles. The van der Waals surface area contributed by atoms with Crippen molar-refractivity contribution in [3.8, 4) is 5.75 Å². The molecule has 3 aromatic rings. The lowest BCUT2D eigenvalue weighted by Crippen LogP contribution is -2.50. The van der Waals surface area contributed by atoms with E-state index in [1.165, 1.54) is 0 Å². The van der Waals surface area contributed by atoms with Crippen molar-refractivity contribution in [1.82, 2.24) is 15.2 Å². The first-order valence-electron chi connectivity index (χ1n) is 10.6. The molecule has 2 N–H and O–H groups in total. The molecule has 1 fully saturated rings. The molecular weight excluding hydrogens is 392 g/mol. The molecule has 1 atom stereocenters. The minimum atomic E-state index is -0.637. The molecular formula is C24H28N4O3. The molecule has 31 heavy (non-hydrogen) atoms. The Morgan fingerprint density at radius 1 is 1.06 bits per heavy atom. The van der Waals surface area contributed by atoms with Crippen LogP contribution in [0.3, 0.4) is 0 Å². The maximum Gasteiger partial charge on any atom is 0.269 e. The van der Waals surface area contributed by atoms with E-state index in [1.54, 1.807) is 13.2 Å². The number of nitrogens with one attached hydrogen (secondary N) is 1. The van der Waals surface area contributed by atoms with Crippen molar-refractivity contribution >= 4 is 22.5 Å². The summed E-state index contributed by atoms with van der Waals surface area (Å²) in [5, 5.41) is 14.2. The minimum absolute atomic E-state index is 0.195. The molecule has 2 heterocycles. The molecule has 7 heteroatoms. The number of ether oxygens (including phenoxy) is 1. The maximum atomic E-state index is 12.4. The van der Waals surface area contributed by atoms with Gasteiger partial charge in [0.05, 0.1) is 24.4 Å². The van der Waals surface area contributed by atoms with Gasteiger partial charge in [-0.15, -0.1) is 0 Å². The van der Waals surface area contributed by atoms with Gasteiger partial charge < -0.3 is 20.1 Å². The molecule has 162 valence electrons. The summed E-state index contributed by atoms with van der Waals surface area (Å²) in [4.78, 5) is 21.3. The van der Waals surface area contributed by atoms with Crippen LogP contribution < -0.4 is 15.0 Å². The first kappa shape index (κ1) is 21.1. The number of aliphatic hydroxyl groups excluding tert-OH is 1. The van der Waals surface area contributed by atoms with Crippen LogP contribution >= 0.6 is 0 Å². The Labute approximate surface area is 182 Å². The van der Waals surface area contributed by atoms with E-state index in [-0.39, 0.29) is 12.5 Å². The second-order valence-corrected chi connectivity index (χ2v) is 7.71. The third-order valence-electron chi connectivity index (χ3n) is 5.60. The van der Waals surface area contributed by atoms with Gasteiger partial charge in [0.15, 0.2) is 0 Å². The van der Waals surface area contributed by atoms with E-state index < -0.39 is 6.10 Å². The fourth-order valence-corrected chi connectivity index (χ4v) is 3.92. The molecule has 1 aliphatic rings. The van der Waals surface area contributed by atoms with E-state index in [9.17, 15) is 9.90 Å². The number of β-amino-alcohol motifs (C(OH)–C–C–N with tert-alkyl or cyclic N) is 1. The van der Waals surface area contributed by atoms with Gasteiger partial charge in [-0.2, -0.15) is 0 Å². The average Bonchev–Trinajstić information content (AvgIpc) is 2.82. The molecule has 7 nitrogen and oxygen atoms in total. The third kappa shape index (κ3) is 5.13. The van der Waals surface area contributed by atoms with Crippen LogP contribution in [0, 0.1) is 0 Å². The van der Waals surface area contributed by atoms with E-state index in [0.717, 1.165) is 48.5 Å². The van der Waals surface area contributed by atoms with Crippen LogP contribution in [0.4, 0.5) is 5.69 Å². The standard InChI is InChI=1S/C24H28N4O3/c1-31-23-9-5-4-8-22(23)28-14-12-27(13-15-28)17-19(29)16-25-24(30)21-11-10-18-6-2-3-7-20(18)26-21/h2-11,19,29H,12-17H2,1H3,(H,25,30). The SMILES string of the molecule is COc1ccccc1N1CCN(CC(O)CNC(=O)c2ccc3ccccc3n2)CC1. The summed E-state index contributed by atoms with van der Waals surface area (Å²) in [6.45, 7) is 4.12. The molecule has 2 aromatic carbocycles. The van der Waals surface area contributed by atoms with E-state index >= 15 is 0 Å². The van der Waals surface area contributed by atoms with Gasteiger partial charge in [-0.05, 0) is 24.3 Å². The van der Waals surface area contributed by atoms with Gasteiger partial charge in [0.2, 0.25) is 0 Å². The van der Waals surface area contributed by atoms with Gasteiger partial charge in [0.1, 0.15) is 11.4 Å². The quantitative estimate of drug-likeness (QED) is 0.610. The maximum absolute atomic E-state index is 12.4. The average molecular weight is 421 g/mol. The van der Waals surface area contributed by atoms with Crippen molar-refractivity contribution in [3.05, 3.63) is 66.4 Å². The molecule has 0 bridgehead atoms. The lowest BCUT2D eigenvalue weighted by molar-refractivity contribution is 0.0848. The number of carbonyl (C=O) groups is 1. The molecule has 0 spiro atoms. The van der Waals surface area contributed by atoms with Crippen molar-refractivity contribution in [2.45, 2.75) is 6.10 Å². The molecule has 4 rings (SSSR count). The predicted octanol–water partition coefficient (Wildman–Crippen LogP) is 2.16.